The van der Waals surface area contributed by atoms with Crippen molar-refractivity contribution in [3.63, 3.8) is 0 Å². The Balaban J connectivity index is 3.45. The van der Waals surface area contributed by atoms with Gasteiger partial charge in [0.2, 0.25) is 5.91 Å². The van der Waals surface area contributed by atoms with Crippen LogP contribution in [0.1, 0.15) is 271 Å². The first-order chi connectivity index (χ1) is 26.7. The highest BCUT2D eigenvalue weighted by atomic mass is 16.3. The molecule has 0 aliphatic carbocycles. The van der Waals surface area contributed by atoms with Gasteiger partial charge in [-0.1, -0.05) is 244 Å². The van der Waals surface area contributed by atoms with Gasteiger partial charge in [0.05, 0.1) is 18.8 Å². The third kappa shape index (κ3) is 42.0. The van der Waals surface area contributed by atoms with Crippen LogP contribution in [0.25, 0.3) is 0 Å². The topological polar surface area (TPSA) is 69.6 Å². The highest BCUT2D eigenvalue weighted by Crippen LogP contribution is 2.17. The second-order valence-corrected chi connectivity index (χ2v) is 16.9. The van der Waals surface area contributed by atoms with E-state index in [1.165, 1.54) is 212 Å². The van der Waals surface area contributed by atoms with E-state index in [0.29, 0.717) is 12.8 Å². The predicted octanol–water partition coefficient (Wildman–Crippen LogP) is 15.6. The zero-order valence-corrected chi connectivity index (χ0v) is 36.8. The van der Waals surface area contributed by atoms with Gasteiger partial charge >= 0.3 is 0 Å². The molecular formula is C50H97NO3. The summed E-state index contributed by atoms with van der Waals surface area (Å²) < 4.78 is 0. The zero-order valence-electron chi connectivity index (χ0n) is 36.8. The molecule has 0 radical (unpaired) electrons. The highest BCUT2D eigenvalue weighted by Gasteiger charge is 2.20. The van der Waals surface area contributed by atoms with Gasteiger partial charge in [0.25, 0.3) is 0 Å². The predicted molar refractivity (Wildman–Crippen MR) is 239 cm³/mol. The maximum atomic E-state index is 12.4. The molecule has 0 aliphatic heterocycles. The highest BCUT2D eigenvalue weighted by molar-refractivity contribution is 5.76. The summed E-state index contributed by atoms with van der Waals surface area (Å²) >= 11 is 0. The van der Waals surface area contributed by atoms with Crippen LogP contribution in [-0.2, 0) is 4.79 Å². The lowest BCUT2D eigenvalue weighted by Gasteiger charge is -2.22. The van der Waals surface area contributed by atoms with E-state index in [1.54, 1.807) is 0 Å². The maximum Gasteiger partial charge on any atom is 0.220 e. The number of rotatable bonds is 45. The monoisotopic (exact) mass is 760 g/mol. The average molecular weight is 760 g/mol. The molecule has 1 amide bonds. The summed E-state index contributed by atoms with van der Waals surface area (Å²) in [4.78, 5) is 12.4. The van der Waals surface area contributed by atoms with Crippen molar-refractivity contribution in [2.75, 3.05) is 6.61 Å². The fourth-order valence-electron chi connectivity index (χ4n) is 7.69. The summed E-state index contributed by atoms with van der Waals surface area (Å²) in [5, 5.41) is 23.2. The van der Waals surface area contributed by atoms with E-state index < -0.39 is 12.1 Å². The van der Waals surface area contributed by atoms with Gasteiger partial charge in [-0.2, -0.15) is 0 Å². The van der Waals surface area contributed by atoms with Crippen LogP contribution in [0.15, 0.2) is 24.3 Å². The first-order valence-electron chi connectivity index (χ1n) is 24.5. The molecule has 0 bridgehead atoms. The first kappa shape index (κ1) is 52.9. The van der Waals surface area contributed by atoms with Gasteiger partial charge in [0, 0.05) is 6.42 Å². The number of aliphatic hydroxyl groups is 2. The molecule has 0 fully saturated rings. The third-order valence-electron chi connectivity index (χ3n) is 11.5. The van der Waals surface area contributed by atoms with Crippen molar-refractivity contribution in [2.24, 2.45) is 0 Å². The quantitative estimate of drug-likeness (QED) is 0.0428. The van der Waals surface area contributed by atoms with Gasteiger partial charge in [0.1, 0.15) is 0 Å². The number of hydrogen-bond acceptors (Lipinski definition) is 3. The Hall–Kier alpha value is -1.13. The summed E-state index contributed by atoms with van der Waals surface area (Å²) in [6.45, 7) is 4.37. The fourth-order valence-corrected chi connectivity index (χ4v) is 7.69. The molecule has 2 atom stereocenters. The normalized spacial score (nSPS) is 13.0. The molecule has 3 N–H and O–H groups in total. The van der Waals surface area contributed by atoms with Crippen LogP contribution < -0.4 is 5.32 Å². The van der Waals surface area contributed by atoms with Crippen LogP contribution in [0.2, 0.25) is 0 Å². The molecule has 0 saturated heterocycles. The Morgan fingerprint density at radius 2 is 0.759 bits per heavy atom. The SMILES string of the molecule is CCCCCCC/C=C\C/C=C\CCCCCCCCCCCCCCCCCC(=O)NC(CO)C(O)CCCCCCCCCCCCCCCCC. The molecule has 0 spiro atoms. The van der Waals surface area contributed by atoms with Crippen molar-refractivity contribution in [3.8, 4) is 0 Å². The molecule has 0 aromatic heterocycles. The van der Waals surface area contributed by atoms with Gasteiger partial charge in [-0.05, 0) is 44.9 Å². The number of allylic oxidation sites excluding steroid dienone is 4. The van der Waals surface area contributed by atoms with Crippen molar-refractivity contribution in [1.29, 1.82) is 0 Å². The van der Waals surface area contributed by atoms with Crippen LogP contribution in [0.4, 0.5) is 0 Å². The van der Waals surface area contributed by atoms with Crippen LogP contribution in [0, 0.1) is 0 Å². The third-order valence-corrected chi connectivity index (χ3v) is 11.5. The van der Waals surface area contributed by atoms with Crippen LogP contribution in [0.3, 0.4) is 0 Å². The first-order valence-corrected chi connectivity index (χ1v) is 24.5. The molecule has 2 unspecified atom stereocenters. The Morgan fingerprint density at radius 3 is 1.11 bits per heavy atom. The second kappa shape index (κ2) is 46.3. The van der Waals surface area contributed by atoms with E-state index >= 15 is 0 Å². The molecule has 4 heteroatoms. The van der Waals surface area contributed by atoms with Gasteiger partial charge in [-0.25, -0.2) is 0 Å². The van der Waals surface area contributed by atoms with Gasteiger partial charge in [0.15, 0.2) is 0 Å². The van der Waals surface area contributed by atoms with Gasteiger partial charge in [-0.3, -0.25) is 4.79 Å². The molecule has 0 heterocycles. The largest absolute Gasteiger partial charge is 0.394 e. The minimum absolute atomic E-state index is 0.0285. The number of aliphatic hydroxyl groups excluding tert-OH is 2. The smallest absolute Gasteiger partial charge is 0.220 e. The summed E-state index contributed by atoms with van der Waals surface area (Å²) in [6, 6.07) is -0.533. The molecular weight excluding hydrogens is 663 g/mol. The van der Waals surface area contributed by atoms with Crippen LogP contribution >= 0.6 is 0 Å². The molecule has 320 valence electrons. The molecule has 0 saturated carbocycles. The number of nitrogens with one attached hydrogen (secondary N) is 1. The summed E-state index contributed by atoms with van der Waals surface area (Å²) in [5.41, 5.74) is 0. The summed E-state index contributed by atoms with van der Waals surface area (Å²) in [7, 11) is 0. The number of carbonyl (C=O) groups is 1. The maximum absolute atomic E-state index is 12.4. The Kier molecular flexibility index (Phi) is 45.3. The Labute approximate surface area is 339 Å². The van der Waals surface area contributed by atoms with Gasteiger partial charge in [-0.15, -0.1) is 0 Å². The van der Waals surface area contributed by atoms with Crippen LogP contribution in [-0.4, -0.2) is 34.9 Å². The van der Waals surface area contributed by atoms with Crippen molar-refractivity contribution in [1.82, 2.24) is 5.32 Å². The standard InChI is InChI=1S/C50H97NO3/c1-3-5-7-9-11-13-15-17-19-20-21-22-23-24-25-26-27-28-29-30-32-34-36-38-40-42-44-46-50(54)51-48(47-52)49(53)45-43-41-39-37-35-33-31-18-16-14-12-10-8-6-4-2/h15,17,20-21,48-49,52-53H,3-14,16,18-19,22-47H2,1-2H3,(H,51,54)/b17-15-,21-20-. The van der Waals surface area contributed by atoms with E-state index in [9.17, 15) is 15.0 Å². The van der Waals surface area contributed by atoms with E-state index in [-0.39, 0.29) is 12.5 Å². The number of hydrogen-bond donors (Lipinski definition) is 3. The average Bonchev–Trinajstić information content (AvgIpc) is 3.18. The Morgan fingerprint density at radius 1 is 0.444 bits per heavy atom. The van der Waals surface area contributed by atoms with Crippen molar-refractivity contribution >= 4 is 5.91 Å². The fraction of sp³-hybridized carbons (Fsp3) is 0.900. The minimum atomic E-state index is -0.657. The molecule has 54 heavy (non-hydrogen) atoms. The molecule has 0 aromatic rings. The van der Waals surface area contributed by atoms with Gasteiger partial charge < -0.3 is 15.5 Å². The number of unbranched alkanes of at least 4 members (excludes halogenated alkanes) is 34. The minimum Gasteiger partial charge on any atom is -0.394 e. The lowest BCUT2D eigenvalue weighted by molar-refractivity contribution is -0.123. The molecule has 0 rings (SSSR count). The van der Waals surface area contributed by atoms with E-state index in [2.05, 4.69) is 43.5 Å². The van der Waals surface area contributed by atoms with Crippen LogP contribution in [0.5, 0.6) is 0 Å². The molecule has 0 aromatic carbocycles. The Bertz CT molecular complexity index is 780. The summed E-state index contributed by atoms with van der Waals surface area (Å²) in [5.74, 6) is -0.0285. The van der Waals surface area contributed by atoms with Crippen molar-refractivity contribution < 1.29 is 15.0 Å². The second-order valence-electron chi connectivity index (χ2n) is 16.9. The van der Waals surface area contributed by atoms with Crippen molar-refractivity contribution in [2.45, 2.75) is 283 Å². The molecule has 0 aliphatic rings. The number of carbonyl (C=O) groups excluding carboxylic acids is 1. The number of amides is 1. The van der Waals surface area contributed by atoms with Crippen molar-refractivity contribution in [3.05, 3.63) is 24.3 Å². The van der Waals surface area contributed by atoms with E-state index in [4.69, 9.17) is 0 Å². The molecule has 4 nitrogen and oxygen atoms in total. The summed E-state index contributed by atoms with van der Waals surface area (Å²) in [6.07, 6.45) is 59.9. The lowest BCUT2D eigenvalue weighted by atomic mass is 10.0. The van der Waals surface area contributed by atoms with E-state index in [1.807, 2.05) is 0 Å². The van der Waals surface area contributed by atoms with E-state index in [0.717, 1.165) is 32.1 Å². The zero-order chi connectivity index (χ0) is 39.3. The lowest BCUT2D eigenvalue weighted by Crippen LogP contribution is -2.45.